The standard InChI is InChI=1S/C51H95NO6/c1-7-9-11-13-15-17-19-21-25-31-38-46(3)56-49(53)42-35-29-23-27-33-40-48(58-51(55)44-37-45-52(5)6)41-34-28-24-30-36-43-50(54)57-47(4)39-32-26-22-20-18-16-14-12-10-8-2/h31-32,38-39,46-48H,7-30,33-37,40-45H2,1-6H3/b38-31-,39-32-. The molecule has 7 nitrogen and oxygen atoms in total. The number of carbonyl (C=O) groups excluding carboxylic acids is 3. The fourth-order valence-corrected chi connectivity index (χ4v) is 7.37. The fourth-order valence-electron chi connectivity index (χ4n) is 7.37. The second kappa shape index (κ2) is 43.0. The maximum Gasteiger partial charge on any atom is 0.306 e. The summed E-state index contributed by atoms with van der Waals surface area (Å²) in [5, 5.41) is 0. The minimum Gasteiger partial charge on any atom is -0.462 e. The Hall–Kier alpha value is -2.15. The van der Waals surface area contributed by atoms with Gasteiger partial charge in [0.2, 0.25) is 0 Å². The van der Waals surface area contributed by atoms with Crippen LogP contribution in [0.5, 0.6) is 0 Å². The van der Waals surface area contributed by atoms with Crippen molar-refractivity contribution in [3.8, 4) is 0 Å². The number of hydrogen-bond donors (Lipinski definition) is 0. The molecule has 0 radical (unpaired) electrons. The molecule has 2 atom stereocenters. The summed E-state index contributed by atoms with van der Waals surface area (Å²) in [5.74, 6) is -0.294. The summed E-state index contributed by atoms with van der Waals surface area (Å²) in [5.41, 5.74) is 0. The van der Waals surface area contributed by atoms with Crippen molar-refractivity contribution < 1.29 is 28.6 Å². The Morgan fingerprint density at radius 3 is 1.16 bits per heavy atom. The van der Waals surface area contributed by atoms with Gasteiger partial charge in [0.1, 0.15) is 18.3 Å². The highest BCUT2D eigenvalue weighted by molar-refractivity contribution is 5.70. The van der Waals surface area contributed by atoms with E-state index < -0.39 is 0 Å². The molecule has 0 spiro atoms. The number of hydrogen-bond acceptors (Lipinski definition) is 7. The Labute approximate surface area is 359 Å². The lowest BCUT2D eigenvalue weighted by Crippen LogP contribution is -2.20. The molecule has 0 saturated heterocycles. The highest BCUT2D eigenvalue weighted by Gasteiger charge is 2.15. The molecule has 0 aromatic rings. The third kappa shape index (κ3) is 42.0. The molecular weight excluding hydrogens is 723 g/mol. The Kier molecular flexibility index (Phi) is 41.4. The number of rotatable bonds is 43. The number of ether oxygens (including phenoxy) is 3. The van der Waals surface area contributed by atoms with Crippen LogP contribution in [0.25, 0.3) is 0 Å². The van der Waals surface area contributed by atoms with Crippen LogP contribution in [-0.2, 0) is 28.6 Å². The third-order valence-corrected chi connectivity index (χ3v) is 11.0. The second-order valence-electron chi connectivity index (χ2n) is 17.4. The predicted octanol–water partition coefficient (Wildman–Crippen LogP) is 14.7. The van der Waals surface area contributed by atoms with E-state index in [9.17, 15) is 14.4 Å². The first-order valence-corrected chi connectivity index (χ1v) is 24.7. The molecule has 58 heavy (non-hydrogen) atoms. The van der Waals surface area contributed by atoms with Crippen molar-refractivity contribution in [3.63, 3.8) is 0 Å². The summed E-state index contributed by atoms with van der Waals surface area (Å²) in [6.45, 7) is 9.30. The van der Waals surface area contributed by atoms with Crippen molar-refractivity contribution in [3.05, 3.63) is 24.3 Å². The third-order valence-electron chi connectivity index (χ3n) is 11.0. The first kappa shape index (κ1) is 55.9. The van der Waals surface area contributed by atoms with E-state index in [0.29, 0.717) is 19.3 Å². The monoisotopic (exact) mass is 818 g/mol. The lowest BCUT2D eigenvalue weighted by molar-refractivity contribution is -0.150. The summed E-state index contributed by atoms with van der Waals surface area (Å²) in [4.78, 5) is 39.4. The maximum atomic E-state index is 12.6. The highest BCUT2D eigenvalue weighted by atomic mass is 16.5. The molecule has 0 fully saturated rings. The van der Waals surface area contributed by atoms with Crippen molar-refractivity contribution in [2.24, 2.45) is 0 Å². The second-order valence-corrected chi connectivity index (χ2v) is 17.4. The molecular formula is C51H95NO6. The molecule has 0 aliphatic heterocycles. The smallest absolute Gasteiger partial charge is 0.306 e. The van der Waals surface area contributed by atoms with Gasteiger partial charge >= 0.3 is 17.9 Å². The lowest BCUT2D eigenvalue weighted by atomic mass is 10.0. The van der Waals surface area contributed by atoms with Crippen molar-refractivity contribution in [1.82, 2.24) is 4.90 Å². The van der Waals surface area contributed by atoms with Crippen LogP contribution in [0.2, 0.25) is 0 Å². The molecule has 7 heteroatoms. The molecule has 340 valence electrons. The molecule has 0 heterocycles. The molecule has 0 aromatic heterocycles. The molecule has 0 aliphatic rings. The van der Waals surface area contributed by atoms with Crippen molar-refractivity contribution in [1.29, 1.82) is 0 Å². The SMILES string of the molecule is CCCCCCCCCC/C=C\C(C)OC(=O)CCCCCCCC(CCCCCCCC(=O)OC(C)/C=C\CCCCCCCCCC)OC(=O)CCCN(C)C. The van der Waals surface area contributed by atoms with Gasteiger partial charge in [0.05, 0.1) is 0 Å². The molecule has 0 bridgehead atoms. The zero-order chi connectivity index (χ0) is 42.7. The molecule has 2 unspecified atom stereocenters. The van der Waals surface area contributed by atoms with Gasteiger partial charge in [-0.25, -0.2) is 0 Å². The maximum absolute atomic E-state index is 12.6. The number of unbranched alkanes of at least 4 members (excludes halogenated alkanes) is 24. The van der Waals surface area contributed by atoms with E-state index in [1.54, 1.807) is 0 Å². The Bertz CT molecular complexity index is 929. The predicted molar refractivity (Wildman–Crippen MR) is 246 cm³/mol. The van der Waals surface area contributed by atoms with Crippen LogP contribution in [0.3, 0.4) is 0 Å². The van der Waals surface area contributed by atoms with Gasteiger partial charge in [-0.3, -0.25) is 14.4 Å². The van der Waals surface area contributed by atoms with Crippen LogP contribution in [0.15, 0.2) is 24.3 Å². The lowest BCUT2D eigenvalue weighted by Gasteiger charge is -2.18. The Morgan fingerprint density at radius 1 is 0.431 bits per heavy atom. The van der Waals surface area contributed by atoms with E-state index in [1.807, 2.05) is 40.1 Å². The van der Waals surface area contributed by atoms with E-state index in [4.69, 9.17) is 14.2 Å². The fraction of sp³-hybridized carbons (Fsp3) is 0.863. The van der Waals surface area contributed by atoms with Gasteiger partial charge in [0, 0.05) is 19.3 Å². The van der Waals surface area contributed by atoms with E-state index in [2.05, 4.69) is 30.9 Å². The van der Waals surface area contributed by atoms with Gasteiger partial charge in [-0.1, -0.05) is 154 Å². The largest absolute Gasteiger partial charge is 0.462 e. The zero-order valence-corrected chi connectivity index (χ0v) is 39.2. The average molecular weight is 818 g/mol. The molecule has 0 amide bonds. The number of esters is 3. The molecule has 0 aromatic carbocycles. The van der Waals surface area contributed by atoms with Crippen LogP contribution in [0.4, 0.5) is 0 Å². The van der Waals surface area contributed by atoms with E-state index in [1.165, 1.54) is 103 Å². The average Bonchev–Trinajstić information content (AvgIpc) is 3.18. The topological polar surface area (TPSA) is 82.1 Å². The van der Waals surface area contributed by atoms with Crippen LogP contribution in [0, 0.1) is 0 Å². The number of nitrogens with zero attached hydrogens (tertiary/aromatic N) is 1. The number of carbonyl (C=O) groups is 3. The van der Waals surface area contributed by atoms with Crippen LogP contribution >= 0.6 is 0 Å². The van der Waals surface area contributed by atoms with Crippen LogP contribution in [-0.4, -0.2) is 61.8 Å². The minimum atomic E-state index is -0.163. The van der Waals surface area contributed by atoms with Gasteiger partial charge < -0.3 is 19.1 Å². The molecule has 0 aliphatic carbocycles. The molecule has 0 rings (SSSR count). The summed E-state index contributed by atoms with van der Waals surface area (Å²) < 4.78 is 17.2. The zero-order valence-electron chi connectivity index (χ0n) is 39.2. The summed E-state index contributed by atoms with van der Waals surface area (Å²) in [7, 11) is 4.05. The van der Waals surface area contributed by atoms with Crippen molar-refractivity contribution in [2.75, 3.05) is 20.6 Å². The Morgan fingerprint density at radius 2 is 0.759 bits per heavy atom. The first-order valence-electron chi connectivity index (χ1n) is 24.7. The van der Waals surface area contributed by atoms with Crippen molar-refractivity contribution in [2.45, 2.75) is 264 Å². The summed E-state index contributed by atoms with van der Waals surface area (Å²) in [6.07, 6.45) is 45.4. The minimum absolute atomic E-state index is 0.0352. The molecule has 0 N–H and O–H groups in total. The van der Waals surface area contributed by atoms with Crippen molar-refractivity contribution >= 4 is 17.9 Å². The van der Waals surface area contributed by atoms with Gasteiger partial charge in [0.25, 0.3) is 0 Å². The normalized spacial score (nSPS) is 13.4. The van der Waals surface area contributed by atoms with E-state index in [0.717, 1.165) is 103 Å². The van der Waals surface area contributed by atoms with E-state index >= 15 is 0 Å². The summed E-state index contributed by atoms with van der Waals surface area (Å²) >= 11 is 0. The number of allylic oxidation sites excluding steroid dienone is 2. The van der Waals surface area contributed by atoms with Gasteiger partial charge in [0.15, 0.2) is 0 Å². The van der Waals surface area contributed by atoms with Gasteiger partial charge in [-0.2, -0.15) is 0 Å². The highest BCUT2D eigenvalue weighted by Crippen LogP contribution is 2.19. The van der Waals surface area contributed by atoms with Gasteiger partial charge in [-0.15, -0.1) is 0 Å². The van der Waals surface area contributed by atoms with Crippen LogP contribution in [0.1, 0.15) is 246 Å². The summed E-state index contributed by atoms with van der Waals surface area (Å²) in [6, 6.07) is 0. The quantitative estimate of drug-likeness (QED) is 0.0262. The van der Waals surface area contributed by atoms with Crippen LogP contribution < -0.4 is 0 Å². The van der Waals surface area contributed by atoms with E-state index in [-0.39, 0.29) is 36.2 Å². The Balaban J connectivity index is 4.18. The van der Waals surface area contributed by atoms with Gasteiger partial charge in [-0.05, 0) is 117 Å². The molecule has 0 saturated carbocycles. The first-order chi connectivity index (χ1) is 28.2.